The summed E-state index contributed by atoms with van der Waals surface area (Å²) in [6, 6.07) is 22.5. The molecule has 0 aromatic heterocycles. The molecule has 2 N–H and O–H groups in total. The van der Waals surface area contributed by atoms with Crippen LogP contribution in [-0.4, -0.2) is 34.4 Å². The van der Waals surface area contributed by atoms with Gasteiger partial charge < -0.3 is 19.7 Å². The van der Waals surface area contributed by atoms with Gasteiger partial charge in [-0.1, -0.05) is 78.9 Å². The molecular formula is C26H26O6. The zero-order chi connectivity index (χ0) is 22.9. The van der Waals surface area contributed by atoms with E-state index in [1.807, 2.05) is 67.6 Å². The highest BCUT2D eigenvalue weighted by molar-refractivity contribution is 5.85. The molecule has 1 unspecified atom stereocenters. The second kappa shape index (κ2) is 11.2. The van der Waals surface area contributed by atoms with Gasteiger partial charge in [-0.3, -0.25) is 0 Å². The lowest BCUT2D eigenvalue weighted by atomic mass is 10.0. The van der Waals surface area contributed by atoms with Crippen molar-refractivity contribution in [3.05, 3.63) is 96.1 Å². The number of carboxylic acid groups (broad SMARTS) is 1. The molecule has 0 spiro atoms. The van der Waals surface area contributed by atoms with Crippen molar-refractivity contribution >= 4 is 22.7 Å². The molecule has 6 nitrogen and oxygen atoms in total. The van der Waals surface area contributed by atoms with Crippen LogP contribution in [0, 0.1) is 0 Å². The molecule has 0 aliphatic rings. The Bertz CT molecular complexity index is 1080. The second-order valence-corrected chi connectivity index (χ2v) is 7.33. The third-order valence-corrected chi connectivity index (χ3v) is 5.04. The van der Waals surface area contributed by atoms with Crippen molar-refractivity contribution in [1.82, 2.24) is 0 Å². The minimum atomic E-state index is -2.06. The zero-order valence-electron chi connectivity index (χ0n) is 17.8. The molecule has 0 fully saturated rings. The van der Waals surface area contributed by atoms with Gasteiger partial charge in [0.2, 0.25) is 0 Å². The number of carbonyl (C=O) groups is 2. The van der Waals surface area contributed by atoms with Crippen LogP contribution >= 0.6 is 0 Å². The predicted molar refractivity (Wildman–Crippen MR) is 121 cm³/mol. The predicted octanol–water partition coefficient (Wildman–Crippen LogP) is 4.42. The monoisotopic (exact) mass is 434 g/mol. The number of aliphatic hydroxyl groups is 1. The van der Waals surface area contributed by atoms with Crippen molar-refractivity contribution < 1.29 is 29.3 Å². The van der Waals surface area contributed by atoms with E-state index in [0.717, 1.165) is 21.9 Å². The maximum absolute atomic E-state index is 12.7. The van der Waals surface area contributed by atoms with Crippen LogP contribution in [0.3, 0.4) is 0 Å². The van der Waals surface area contributed by atoms with E-state index in [0.29, 0.717) is 6.42 Å². The van der Waals surface area contributed by atoms with Crippen LogP contribution < -0.4 is 0 Å². The molecule has 0 amide bonds. The number of rotatable bonds is 10. The number of carbonyl (C=O) groups excluding carboxylic acids is 1. The summed E-state index contributed by atoms with van der Waals surface area (Å²) in [5.74, 6) is -2.50. The molecule has 0 saturated carbocycles. The Labute approximate surface area is 186 Å². The van der Waals surface area contributed by atoms with Gasteiger partial charge in [0.25, 0.3) is 0 Å². The molecule has 0 heterocycles. The van der Waals surface area contributed by atoms with Crippen molar-refractivity contribution in [3.8, 4) is 0 Å². The van der Waals surface area contributed by atoms with Crippen molar-refractivity contribution in [3.63, 3.8) is 0 Å². The molecular weight excluding hydrogens is 408 g/mol. The van der Waals surface area contributed by atoms with Gasteiger partial charge in [-0.2, -0.15) is 0 Å². The van der Waals surface area contributed by atoms with E-state index in [4.69, 9.17) is 9.47 Å². The summed E-state index contributed by atoms with van der Waals surface area (Å²) in [4.78, 5) is 24.2. The van der Waals surface area contributed by atoms with Crippen molar-refractivity contribution in [2.75, 3.05) is 0 Å². The van der Waals surface area contributed by atoms with Gasteiger partial charge in [0.15, 0.2) is 12.2 Å². The first kappa shape index (κ1) is 23.2. The molecule has 0 bridgehead atoms. The number of hydrogen-bond donors (Lipinski definition) is 2. The van der Waals surface area contributed by atoms with E-state index in [2.05, 4.69) is 0 Å². The molecule has 0 aliphatic carbocycles. The van der Waals surface area contributed by atoms with Gasteiger partial charge in [-0.15, -0.1) is 0 Å². The average Bonchev–Trinajstić information content (AvgIpc) is 2.82. The van der Waals surface area contributed by atoms with Crippen LogP contribution in [0.15, 0.2) is 84.9 Å². The molecule has 166 valence electrons. The quantitative estimate of drug-likeness (QED) is 0.362. The largest absolute Gasteiger partial charge is 0.479 e. The first-order valence-electron chi connectivity index (χ1n) is 10.4. The lowest BCUT2D eigenvalue weighted by Crippen LogP contribution is -2.43. The Balaban J connectivity index is 1.85. The fraction of sp³-hybridized carbons (Fsp3) is 0.231. The van der Waals surface area contributed by atoms with E-state index in [1.54, 1.807) is 24.3 Å². The molecule has 3 aromatic carbocycles. The molecule has 3 aromatic rings. The fourth-order valence-electron chi connectivity index (χ4n) is 3.31. The maximum Gasteiger partial charge on any atom is 0.339 e. The number of carboxylic acids is 1. The lowest BCUT2D eigenvalue weighted by molar-refractivity contribution is -0.181. The smallest absolute Gasteiger partial charge is 0.339 e. The molecule has 32 heavy (non-hydrogen) atoms. The Morgan fingerprint density at radius 1 is 0.969 bits per heavy atom. The zero-order valence-corrected chi connectivity index (χ0v) is 17.8. The summed E-state index contributed by atoms with van der Waals surface area (Å²) in [5.41, 5.74) is 1.50. The molecule has 0 aliphatic heterocycles. The van der Waals surface area contributed by atoms with Gasteiger partial charge in [-0.05, 0) is 41.3 Å². The van der Waals surface area contributed by atoms with Crippen molar-refractivity contribution in [2.24, 2.45) is 0 Å². The molecule has 0 saturated heterocycles. The minimum Gasteiger partial charge on any atom is -0.479 e. The third-order valence-electron chi connectivity index (χ3n) is 5.04. The third kappa shape index (κ3) is 6.03. The van der Waals surface area contributed by atoms with E-state index >= 15 is 0 Å². The first-order chi connectivity index (χ1) is 15.5. The Hall–Kier alpha value is -3.48. The maximum atomic E-state index is 12.7. The van der Waals surface area contributed by atoms with Crippen molar-refractivity contribution in [2.45, 2.75) is 38.3 Å². The van der Waals surface area contributed by atoms with Crippen LogP contribution in [0.25, 0.3) is 10.8 Å². The normalized spacial score (nSPS) is 14.2. The van der Waals surface area contributed by atoms with E-state index in [9.17, 15) is 19.8 Å². The van der Waals surface area contributed by atoms with Crippen LogP contribution in [0.4, 0.5) is 0 Å². The van der Waals surface area contributed by atoms with Gasteiger partial charge in [-0.25, -0.2) is 9.59 Å². The highest BCUT2D eigenvalue weighted by Crippen LogP contribution is 2.28. The number of benzene rings is 3. The summed E-state index contributed by atoms with van der Waals surface area (Å²) in [6.07, 6.45) is -0.305. The number of aliphatic hydroxyl groups excluding tert-OH is 1. The highest BCUT2D eigenvalue weighted by atomic mass is 16.6. The molecule has 6 heteroatoms. The number of allylic oxidation sites excluding steroid dienone is 1. The lowest BCUT2D eigenvalue weighted by Gasteiger charge is -2.25. The molecule has 0 radical (unpaired) electrons. The Morgan fingerprint density at radius 3 is 2.34 bits per heavy atom. The molecule has 3 rings (SSSR count). The van der Waals surface area contributed by atoms with Gasteiger partial charge in [0.1, 0.15) is 6.61 Å². The van der Waals surface area contributed by atoms with E-state index < -0.39 is 30.3 Å². The van der Waals surface area contributed by atoms with Crippen LogP contribution in [-0.2, 0) is 25.7 Å². The highest BCUT2D eigenvalue weighted by Gasteiger charge is 2.37. The van der Waals surface area contributed by atoms with Crippen LogP contribution in [0.5, 0.6) is 0 Å². The first-order valence-corrected chi connectivity index (χ1v) is 10.4. The fourth-order valence-corrected chi connectivity index (χ4v) is 3.31. The Kier molecular flexibility index (Phi) is 8.14. The van der Waals surface area contributed by atoms with Gasteiger partial charge in [0.05, 0.1) is 6.10 Å². The number of esters is 1. The molecule has 3 atom stereocenters. The standard InChI is InChI=1S/C26H26O6/c1-2-3-13-22(21-15-14-19-11-7-8-12-20(19)16-21)32-24(23(27)25(28)29)26(30)31-17-18-9-5-4-6-10-18/h2-12,14-16,22-24,27H,13,17H2,1H3,(H,28,29)/t22?,23-,24-/m1/s1. The topological polar surface area (TPSA) is 93.1 Å². The Morgan fingerprint density at radius 2 is 1.66 bits per heavy atom. The number of fused-ring (bicyclic) bond motifs is 1. The van der Waals surface area contributed by atoms with Crippen LogP contribution in [0.1, 0.15) is 30.6 Å². The summed E-state index contributed by atoms with van der Waals surface area (Å²) in [5, 5.41) is 21.6. The van der Waals surface area contributed by atoms with Crippen LogP contribution in [0.2, 0.25) is 0 Å². The van der Waals surface area contributed by atoms with E-state index in [-0.39, 0.29) is 6.61 Å². The second-order valence-electron chi connectivity index (χ2n) is 7.33. The summed E-state index contributed by atoms with van der Waals surface area (Å²) < 4.78 is 11.2. The summed E-state index contributed by atoms with van der Waals surface area (Å²) in [6.45, 7) is 1.80. The number of ether oxygens (including phenoxy) is 2. The average molecular weight is 434 g/mol. The van der Waals surface area contributed by atoms with Gasteiger partial charge >= 0.3 is 11.9 Å². The van der Waals surface area contributed by atoms with Crippen molar-refractivity contribution in [1.29, 1.82) is 0 Å². The number of aliphatic carboxylic acids is 1. The SMILES string of the molecule is CC=CCC(O[C@@H](C(=O)OCc1ccccc1)[C@@H](O)C(=O)O)c1ccc2ccccc2c1. The van der Waals surface area contributed by atoms with E-state index in [1.165, 1.54) is 0 Å². The summed E-state index contributed by atoms with van der Waals surface area (Å²) in [7, 11) is 0. The van der Waals surface area contributed by atoms with Gasteiger partial charge in [0, 0.05) is 0 Å². The minimum absolute atomic E-state index is 0.0542. The summed E-state index contributed by atoms with van der Waals surface area (Å²) >= 11 is 0. The number of hydrogen-bond acceptors (Lipinski definition) is 5.